The van der Waals surface area contributed by atoms with Crippen molar-refractivity contribution in [1.29, 1.82) is 0 Å². The number of anilines is 1. The summed E-state index contributed by atoms with van der Waals surface area (Å²) in [5.74, 6) is 1.25. The normalized spacial score (nSPS) is 10.3. The van der Waals surface area contributed by atoms with Gasteiger partial charge < -0.3 is 14.8 Å². The zero-order chi connectivity index (χ0) is 16.8. The van der Waals surface area contributed by atoms with E-state index in [-0.39, 0.29) is 5.91 Å². The van der Waals surface area contributed by atoms with Crippen LogP contribution in [0.3, 0.4) is 0 Å². The quantitative estimate of drug-likeness (QED) is 0.860. The maximum atomic E-state index is 12.1. The number of methoxy groups -OCH3 is 2. The number of ether oxygens (including phenoxy) is 2. The highest BCUT2D eigenvalue weighted by Gasteiger charge is 2.09. The van der Waals surface area contributed by atoms with Gasteiger partial charge in [0.25, 0.3) is 0 Å². The van der Waals surface area contributed by atoms with Crippen LogP contribution in [0, 0.1) is 6.92 Å². The standard InChI is InChI=1S/C18H20ClNO3/c1-12-4-7-15(14(19)10-12)20-18(21)9-6-13-5-8-16(22-2)17(11-13)23-3/h4-5,7-8,10-11H,6,9H2,1-3H3,(H,20,21). The molecule has 0 heterocycles. The second-order valence-electron chi connectivity index (χ2n) is 5.22. The van der Waals surface area contributed by atoms with Gasteiger partial charge in [0, 0.05) is 6.42 Å². The van der Waals surface area contributed by atoms with Gasteiger partial charge in [0.1, 0.15) is 0 Å². The summed E-state index contributed by atoms with van der Waals surface area (Å²) in [4.78, 5) is 12.1. The third kappa shape index (κ3) is 4.63. The minimum absolute atomic E-state index is 0.0782. The van der Waals surface area contributed by atoms with Gasteiger partial charge in [0.15, 0.2) is 11.5 Å². The second-order valence-corrected chi connectivity index (χ2v) is 5.63. The minimum atomic E-state index is -0.0782. The first-order valence-electron chi connectivity index (χ1n) is 7.30. The number of benzene rings is 2. The fourth-order valence-electron chi connectivity index (χ4n) is 2.23. The zero-order valence-electron chi connectivity index (χ0n) is 13.5. The van der Waals surface area contributed by atoms with Gasteiger partial charge in [-0.25, -0.2) is 0 Å². The van der Waals surface area contributed by atoms with Crippen molar-refractivity contribution in [3.05, 3.63) is 52.5 Å². The predicted octanol–water partition coefficient (Wildman–Crippen LogP) is 4.24. The molecule has 0 aromatic heterocycles. The van der Waals surface area contributed by atoms with Crippen molar-refractivity contribution in [2.75, 3.05) is 19.5 Å². The Morgan fingerprint density at radius 1 is 1.09 bits per heavy atom. The lowest BCUT2D eigenvalue weighted by Crippen LogP contribution is -2.12. The van der Waals surface area contributed by atoms with E-state index in [4.69, 9.17) is 21.1 Å². The van der Waals surface area contributed by atoms with E-state index in [0.717, 1.165) is 11.1 Å². The molecule has 0 saturated heterocycles. The molecular weight excluding hydrogens is 314 g/mol. The van der Waals surface area contributed by atoms with Crippen LogP contribution >= 0.6 is 11.6 Å². The molecule has 0 unspecified atom stereocenters. The minimum Gasteiger partial charge on any atom is -0.493 e. The molecule has 0 saturated carbocycles. The topological polar surface area (TPSA) is 47.6 Å². The number of nitrogens with one attached hydrogen (secondary N) is 1. The highest BCUT2D eigenvalue weighted by molar-refractivity contribution is 6.33. The van der Waals surface area contributed by atoms with Crippen LogP contribution in [-0.2, 0) is 11.2 Å². The van der Waals surface area contributed by atoms with Gasteiger partial charge in [-0.2, -0.15) is 0 Å². The third-order valence-corrected chi connectivity index (χ3v) is 3.80. The van der Waals surface area contributed by atoms with E-state index in [9.17, 15) is 4.79 Å². The van der Waals surface area contributed by atoms with Crippen LogP contribution < -0.4 is 14.8 Å². The van der Waals surface area contributed by atoms with Gasteiger partial charge >= 0.3 is 0 Å². The molecule has 2 aromatic rings. The lowest BCUT2D eigenvalue weighted by molar-refractivity contribution is -0.116. The Balaban J connectivity index is 1.96. The molecule has 0 bridgehead atoms. The van der Waals surface area contributed by atoms with Crippen molar-refractivity contribution >= 4 is 23.2 Å². The smallest absolute Gasteiger partial charge is 0.224 e. The molecular formula is C18H20ClNO3. The Morgan fingerprint density at radius 3 is 2.48 bits per heavy atom. The van der Waals surface area contributed by atoms with Gasteiger partial charge in [0.05, 0.1) is 24.9 Å². The van der Waals surface area contributed by atoms with Gasteiger partial charge in [-0.05, 0) is 48.7 Å². The van der Waals surface area contributed by atoms with Crippen molar-refractivity contribution in [3.63, 3.8) is 0 Å². The van der Waals surface area contributed by atoms with E-state index >= 15 is 0 Å². The molecule has 0 atom stereocenters. The average Bonchev–Trinajstić information content (AvgIpc) is 2.55. The van der Waals surface area contributed by atoms with Crippen molar-refractivity contribution < 1.29 is 14.3 Å². The molecule has 5 heteroatoms. The summed E-state index contributed by atoms with van der Waals surface area (Å²) in [6, 6.07) is 11.2. The Hall–Kier alpha value is -2.20. The molecule has 0 spiro atoms. The van der Waals surface area contributed by atoms with Crippen LogP contribution in [0.2, 0.25) is 5.02 Å². The third-order valence-electron chi connectivity index (χ3n) is 3.49. The first-order chi connectivity index (χ1) is 11.0. The van der Waals surface area contributed by atoms with Crippen molar-refractivity contribution in [3.8, 4) is 11.5 Å². The van der Waals surface area contributed by atoms with Crippen LogP contribution in [0.5, 0.6) is 11.5 Å². The van der Waals surface area contributed by atoms with Gasteiger partial charge in [0.2, 0.25) is 5.91 Å². The number of halogens is 1. The number of hydrogen-bond acceptors (Lipinski definition) is 3. The van der Waals surface area contributed by atoms with E-state index in [0.29, 0.717) is 35.1 Å². The molecule has 122 valence electrons. The van der Waals surface area contributed by atoms with Crippen LogP contribution in [0.4, 0.5) is 5.69 Å². The summed E-state index contributed by atoms with van der Waals surface area (Å²) in [5.41, 5.74) is 2.70. The molecule has 4 nitrogen and oxygen atoms in total. The van der Waals surface area contributed by atoms with Crippen molar-refractivity contribution in [1.82, 2.24) is 0 Å². The van der Waals surface area contributed by atoms with Gasteiger partial charge in [-0.3, -0.25) is 4.79 Å². The molecule has 0 fully saturated rings. The summed E-state index contributed by atoms with van der Waals surface area (Å²) in [6.07, 6.45) is 0.968. The number of rotatable bonds is 6. The molecule has 2 rings (SSSR count). The fourth-order valence-corrected chi connectivity index (χ4v) is 2.51. The van der Waals surface area contributed by atoms with Crippen LogP contribution in [-0.4, -0.2) is 20.1 Å². The number of hydrogen-bond donors (Lipinski definition) is 1. The SMILES string of the molecule is COc1ccc(CCC(=O)Nc2ccc(C)cc2Cl)cc1OC. The lowest BCUT2D eigenvalue weighted by atomic mass is 10.1. The Kier molecular flexibility index (Phi) is 5.88. The maximum Gasteiger partial charge on any atom is 0.224 e. The molecule has 23 heavy (non-hydrogen) atoms. The monoisotopic (exact) mass is 333 g/mol. The van der Waals surface area contributed by atoms with Crippen LogP contribution in [0.1, 0.15) is 17.5 Å². The molecule has 0 aliphatic heterocycles. The van der Waals surface area contributed by atoms with E-state index in [1.807, 2.05) is 43.3 Å². The van der Waals surface area contributed by atoms with Crippen molar-refractivity contribution in [2.24, 2.45) is 0 Å². The first kappa shape index (κ1) is 17.2. The van der Waals surface area contributed by atoms with E-state index in [2.05, 4.69) is 5.32 Å². The summed E-state index contributed by atoms with van der Waals surface area (Å²) >= 11 is 6.12. The Labute approximate surface area is 141 Å². The summed E-state index contributed by atoms with van der Waals surface area (Å²) in [7, 11) is 3.18. The van der Waals surface area contributed by atoms with Gasteiger partial charge in [-0.1, -0.05) is 23.7 Å². The van der Waals surface area contributed by atoms with Crippen LogP contribution in [0.15, 0.2) is 36.4 Å². The summed E-state index contributed by atoms with van der Waals surface area (Å²) in [6.45, 7) is 1.95. The van der Waals surface area contributed by atoms with Crippen LogP contribution in [0.25, 0.3) is 0 Å². The lowest BCUT2D eigenvalue weighted by Gasteiger charge is -2.10. The molecule has 0 aliphatic rings. The molecule has 2 aromatic carbocycles. The first-order valence-corrected chi connectivity index (χ1v) is 7.68. The molecule has 0 radical (unpaired) electrons. The number of aryl methyl sites for hydroxylation is 2. The van der Waals surface area contributed by atoms with Gasteiger partial charge in [-0.15, -0.1) is 0 Å². The fraction of sp³-hybridized carbons (Fsp3) is 0.278. The van der Waals surface area contributed by atoms with E-state index < -0.39 is 0 Å². The number of carbonyl (C=O) groups is 1. The Morgan fingerprint density at radius 2 is 1.83 bits per heavy atom. The summed E-state index contributed by atoms with van der Waals surface area (Å²) < 4.78 is 10.5. The van der Waals surface area contributed by atoms with E-state index in [1.165, 1.54) is 0 Å². The molecule has 1 N–H and O–H groups in total. The Bertz CT molecular complexity index is 701. The highest BCUT2D eigenvalue weighted by atomic mass is 35.5. The predicted molar refractivity (Wildman–Crippen MR) is 92.7 cm³/mol. The summed E-state index contributed by atoms with van der Waals surface area (Å²) in [5, 5.41) is 3.38. The largest absolute Gasteiger partial charge is 0.493 e. The van der Waals surface area contributed by atoms with Crippen molar-refractivity contribution in [2.45, 2.75) is 19.8 Å². The zero-order valence-corrected chi connectivity index (χ0v) is 14.2. The molecule has 0 aliphatic carbocycles. The number of carbonyl (C=O) groups excluding carboxylic acids is 1. The second kappa shape index (κ2) is 7.88. The van der Waals surface area contributed by atoms with E-state index in [1.54, 1.807) is 14.2 Å². The average molecular weight is 334 g/mol. The number of amides is 1. The molecule has 1 amide bonds. The maximum absolute atomic E-state index is 12.1. The highest BCUT2D eigenvalue weighted by Crippen LogP contribution is 2.28.